The van der Waals surface area contributed by atoms with Crippen LogP contribution in [-0.4, -0.2) is 27.1 Å². The lowest BCUT2D eigenvalue weighted by molar-refractivity contribution is -0.115. The third-order valence-electron chi connectivity index (χ3n) is 2.40. The van der Waals surface area contributed by atoms with Crippen molar-refractivity contribution in [2.75, 3.05) is 11.1 Å². The number of halogens is 1. The van der Waals surface area contributed by atoms with Crippen LogP contribution in [0, 0.1) is 0 Å². The van der Waals surface area contributed by atoms with Gasteiger partial charge >= 0.3 is 0 Å². The number of thioether (sulfide) groups is 2. The number of hydrogen-bond acceptors (Lipinski definition) is 6. The van der Waals surface area contributed by atoms with Gasteiger partial charge in [-0.2, -0.15) is 0 Å². The van der Waals surface area contributed by atoms with E-state index in [0.717, 1.165) is 9.24 Å². The van der Waals surface area contributed by atoms with Crippen LogP contribution in [0.15, 0.2) is 33.5 Å². The SMILES string of the molecule is CC(C)Sc1nnc(NC(=O)CCSc2ccc(Cl)cc2)s1. The van der Waals surface area contributed by atoms with Crippen LogP contribution in [0.1, 0.15) is 20.3 Å². The topological polar surface area (TPSA) is 54.9 Å². The van der Waals surface area contributed by atoms with E-state index in [0.29, 0.717) is 27.6 Å². The molecule has 4 nitrogen and oxygen atoms in total. The number of amides is 1. The van der Waals surface area contributed by atoms with Crippen LogP contribution in [0.4, 0.5) is 5.13 Å². The van der Waals surface area contributed by atoms with Gasteiger partial charge in [-0.15, -0.1) is 22.0 Å². The number of rotatable bonds is 7. The first-order valence-electron chi connectivity index (χ1n) is 6.71. The average Bonchev–Trinajstić information content (AvgIpc) is 2.87. The van der Waals surface area contributed by atoms with Crippen molar-refractivity contribution in [1.82, 2.24) is 10.2 Å². The highest BCUT2D eigenvalue weighted by Crippen LogP contribution is 2.28. The van der Waals surface area contributed by atoms with E-state index >= 15 is 0 Å². The first-order chi connectivity index (χ1) is 10.5. The second kappa shape index (κ2) is 8.76. The van der Waals surface area contributed by atoms with Gasteiger partial charge in [0, 0.05) is 27.3 Å². The first kappa shape index (κ1) is 17.6. The summed E-state index contributed by atoms with van der Waals surface area (Å²) in [5.74, 6) is 0.665. The van der Waals surface area contributed by atoms with Gasteiger partial charge in [0.05, 0.1) is 0 Å². The molecule has 1 aromatic heterocycles. The lowest BCUT2D eigenvalue weighted by atomic mass is 10.4. The van der Waals surface area contributed by atoms with Crippen molar-refractivity contribution in [2.45, 2.75) is 34.8 Å². The third kappa shape index (κ3) is 6.16. The van der Waals surface area contributed by atoms with Crippen molar-refractivity contribution in [1.29, 1.82) is 0 Å². The van der Waals surface area contributed by atoms with E-state index in [-0.39, 0.29) is 5.91 Å². The Bertz CT molecular complexity index is 616. The maximum atomic E-state index is 11.9. The zero-order valence-electron chi connectivity index (χ0n) is 12.2. The van der Waals surface area contributed by atoms with Gasteiger partial charge in [-0.1, -0.05) is 48.5 Å². The molecule has 1 N–H and O–H groups in total. The van der Waals surface area contributed by atoms with E-state index in [1.807, 2.05) is 24.3 Å². The molecule has 0 aliphatic carbocycles. The standard InChI is InChI=1S/C14H16ClN3OS3/c1-9(2)21-14-18-17-13(22-14)16-12(19)7-8-20-11-5-3-10(15)4-6-11/h3-6,9H,7-8H2,1-2H3,(H,16,17,19). The molecule has 2 rings (SSSR count). The average molecular weight is 374 g/mol. The maximum Gasteiger partial charge on any atom is 0.227 e. The number of nitrogens with one attached hydrogen (secondary N) is 1. The largest absolute Gasteiger partial charge is 0.300 e. The van der Waals surface area contributed by atoms with Crippen molar-refractivity contribution in [2.24, 2.45) is 0 Å². The molecular formula is C14H16ClN3OS3. The summed E-state index contributed by atoms with van der Waals surface area (Å²) >= 11 is 10.5. The molecule has 2 aromatic rings. The van der Waals surface area contributed by atoms with E-state index in [1.165, 1.54) is 11.3 Å². The fourth-order valence-electron chi connectivity index (χ4n) is 1.48. The summed E-state index contributed by atoms with van der Waals surface area (Å²) in [6.45, 7) is 4.19. The number of carbonyl (C=O) groups excluding carboxylic acids is 1. The second-order valence-corrected chi connectivity index (χ2v) is 9.05. The minimum absolute atomic E-state index is 0.0429. The van der Waals surface area contributed by atoms with Crippen LogP contribution < -0.4 is 5.32 Å². The minimum atomic E-state index is -0.0429. The minimum Gasteiger partial charge on any atom is -0.300 e. The molecule has 0 aliphatic heterocycles. The van der Waals surface area contributed by atoms with Gasteiger partial charge in [-0.3, -0.25) is 4.79 Å². The first-order valence-corrected chi connectivity index (χ1v) is 9.77. The second-order valence-electron chi connectivity index (χ2n) is 4.64. The van der Waals surface area contributed by atoms with Crippen LogP contribution in [0.25, 0.3) is 0 Å². The van der Waals surface area contributed by atoms with Gasteiger partial charge in [0.1, 0.15) is 0 Å². The summed E-state index contributed by atoms with van der Waals surface area (Å²) in [5.41, 5.74) is 0. The Hall–Kier alpha value is -0.760. The van der Waals surface area contributed by atoms with E-state index in [2.05, 4.69) is 29.4 Å². The molecule has 118 valence electrons. The number of aromatic nitrogens is 2. The van der Waals surface area contributed by atoms with Crippen LogP contribution in [0.5, 0.6) is 0 Å². The summed E-state index contributed by atoms with van der Waals surface area (Å²) in [6.07, 6.45) is 0.430. The predicted molar refractivity (Wildman–Crippen MR) is 96.3 cm³/mol. The third-order valence-corrected chi connectivity index (χ3v) is 5.59. The molecule has 0 saturated heterocycles. The van der Waals surface area contributed by atoms with E-state index in [1.54, 1.807) is 23.5 Å². The summed E-state index contributed by atoms with van der Waals surface area (Å²) in [7, 11) is 0. The van der Waals surface area contributed by atoms with Crippen LogP contribution in [-0.2, 0) is 4.79 Å². The van der Waals surface area contributed by atoms with Crippen molar-refractivity contribution >= 4 is 57.5 Å². The molecule has 0 atom stereocenters. The highest BCUT2D eigenvalue weighted by Gasteiger charge is 2.09. The van der Waals surface area contributed by atoms with Gasteiger partial charge in [-0.05, 0) is 24.3 Å². The predicted octanol–water partition coefficient (Wildman–Crippen LogP) is 4.81. The Morgan fingerprint density at radius 3 is 2.73 bits per heavy atom. The number of anilines is 1. The molecule has 1 aromatic carbocycles. The smallest absolute Gasteiger partial charge is 0.227 e. The monoisotopic (exact) mass is 373 g/mol. The van der Waals surface area contributed by atoms with Crippen molar-refractivity contribution in [3.8, 4) is 0 Å². The molecule has 22 heavy (non-hydrogen) atoms. The van der Waals surface area contributed by atoms with Crippen molar-refractivity contribution in [3.63, 3.8) is 0 Å². The maximum absolute atomic E-state index is 11.9. The summed E-state index contributed by atoms with van der Waals surface area (Å²) in [5, 5.41) is 12.5. The van der Waals surface area contributed by atoms with Crippen LogP contribution in [0.2, 0.25) is 5.02 Å². The fraction of sp³-hybridized carbons (Fsp3) is 0.357. The number of carbonyl (C=O) groups is 1. The Labute approximate surface area is 147 Å². The number of nitrogens with zero attached hydrogens (tertiary/aromatic N) is 2. The molecule has 0 radical (unpaired) electrons. The summed E-state index contributed by atoms with van der Waals surface area (Å²) in [4.78, 5) is 13.0. The normalized spacial score (nSPS) is 10.9. The van der Waals surface area contributed by atoms with Gasteiger partial charge in [0.25, 0.3) is 0 Å². The zero-order chi connectivity index (χ0) is 15.9. The van der Waals surface area contributed by atoms with E-state index < -0.39 is 0 Å². The highest BCUT2D eigenvalue weighted by molar-refractivity contribution is 8.01. The zero-order valence-corrected chi connectivity index (χ0v) is 15.4. The number of hydrogen-bond donors (Lipinski definition) is 1. The quantitative estimate of drug-likeness (QED) is 0.557. The lowest BCUT2D eigenvalue weighted by Crippen LogP contribution is -2.11. The van der Waals surface area contributed by atoms with Gasteiger partial charge in [-0.25, -0.2) is 0 Å². The molecule has 0 bridgehead atoms. The summed E-state index contributed by atoms with van der Waals surface area (Å²) < 4.78 is 0.876. The van der Waals surface area contributed by atoms with Gasteiger partial charge < -0.3 is 5.32 Å². The highest BCUT2D eigenvalue weighted by atomic mass is 35.5. The van der Waals surface area contributed by atoms with Crippen LogP contribution in [0.3, 0.4) is 0 Å². The molecule has 0 spiro atoms. The molecule has 0 unspecified atom stereocenters. The molecular weight excluding hydrogens is 358 g/mol. The Kier molecular flexibility index (Phi) is 7.01. The van der Waals surface area contributed by atoms with Crippen molar-refractivity contribution in [3.05, 3.63) is 29.3 Å². The molecule has 0 fully saturated rings. The van der Waals surface area contributed by atoms with E-state index in [4.69, 9.17) is 11.6 Å². The molecule has 0 aliphatic rings. The van der Waals surface area contributed by atoms with Gasteiger partial charge in [0.15, 0.2) is 4.34 Å². The van der Waals surface area contributed by atoms with E-state index in [9.17, 15) is 4.79 Å². The van der Waals surface area contributed by atoms with Gasteiger partial charge in [0.2, 0.25) is 11.0 Å². The lowest BCUT2D eigenvalue weighted by Gasteiger charge is -2.02. The fourth-order valence-corrected chi connectivity index (χ4v) is 4.45. The van der Waals surface area contributed by atoms with Crippen molar-refractivity contribution < 1.29 is 4.79 Å². The van der Waals surface area contributed by atoms with Crippen LogP contribution >= 0.6 is 46.5 Å². The molecule has 0 saturated carbocycles. The summed E-state index contributed by atoms with van der Waals surface area (Å²) in [6, 6.07) is 7.59. The Balaban J connectivity index is 1.73. The Morgan fingerprint density at radius 1 is 1.32 bits per heavy atom. The number of benzene rings is 1. The Morgan fingerprint density at radius 2 is 2.05 bits per heavy atom. The molecule has 1 heterocycles. The molecule has 1 amide bonds. The molecule has 8 heteroatoms.